The predicted octanol–water partition coefficient (Wildman–Crippen LogP) is 3.50. The summed E-state index contributed by atoms with van der Waals surface area (Å²) in [6.07, 6.45) is 3.30. The fourth-order valence-corrected chi connectivity index (χ4v) is 3.96. The van der Waals surface area contributed by atoms with E-state index in [1.807, 2.05) is 30.8 Å². The van der Waals surface area contributed by atoms with E-state index >= 15 is 0 Å². The molecule has 1 amide bonds. The van der Waals surface area contributed by atoms with Crippen LogP contribution in [0.15, 0.2) is 62.5 Å². The first-order chi connectivity index (χ1) is 12.6. The minimum Gasteiger partial charge on any atom is -0.468 e. The van der Waals surface area contributed by atoms with Crippen molar-refractivity contribution < 1.29 is 18.7 Å². The van der Waals surface area contributed by atoms with Crippen LogP contribution >= 0.6 is 23.1 Å². The van der Waals surface area contributed by atoms with Crippen molar-refractivity contribution >= 4 is 35.0 Å². The third-order valence-electron chi connectivity index (χ3n) is 3.58. The lowest BCUT2D eigenvalue weighted by molar-refractivity contribution is 0.0598. The predicted molar refractivity (Wildman–Crippen MR) is 99.2 cm³/mol. The quantitative estimate of drug-likeness (QED) is 0.494. The van der Waals surface area contributed by atoms with E-state index in [4.69, 9.17) is 9.15 Å². The Balaban J connectivity index is 1.82. The molecule has 0 fully saturated rings. The van der Waals surface area contributed by atoms with Crippen LogP contribution in [0.5, 0.6) is 0 Å². The summed E-state index contributed by atoms with van der Waals surface area (Å²) in [5.41, 5.74) is 0.899. The number of nitrogens with zero attached hydrogens (tertiary/aromatic N) is 2. The van der Waals surface area contributed by atoms with Crippen molar-refractivity contribution in [3.63, 3.8) is 0 Å². The van der Waals surface area contributed by atoms with Crippen LogP contribution in [0.4, 0.5) is 0 Å². The number of thiazole rings is 1. The zero-order valence-electron chi connectivity index (χ0n) is 14.2. The van der Waals surface area contributed by atoms with Gasteiger partial charge in [-0.3, -0.25) is 4.79 Å². The third-order valence-corrected chi connectivity index (χ3v) is 5.51. The molecular formula is C18H16N2O4S2. The van der Waals surface area contributed by atoms with Gasteiger partial charge < -0.3 is 13.7 Å². The first-order valence-electron chi connectivity index (χ1n) is 7.66. The molecule has 0 bridgehead atoms. The summed E-state index contributed by atoms with van der Waals surface area (Å²) in [4.78, 5) is 29.9. The second kappa shape index (κ2) is 8.20. The first-order valence-corrected chi connectivity index (χ1v) is 9.52. The second-order valence-electron chi connectivity index (χ2n) is 5.25. The maximum atomic E-state index is 12.6. The Hall–Kier alpha value is -2.58. The highest BCUT2D eigenvalue weighted by Crippen LogP contribution is 2.28. The van der Waals surface area contributed by atoms with Gasteiger partial charge in [-0.25, -0.2) is 4.79 Å². The highest BCUT2D eigenvalue weighted by Gasteiger charge is 2.17. The number of hydrogen-bond acceptors (Lipinski definition) is 6. The molecule has 3 rings (SSSR count). The molecule has 2 heterocycles. The topological polar surface area (TPSA) is 73.8 Å². The van der Waals surface area contributed by atoms with Crippen LogP contribution in [0.25, 0.3) is 0 Å². The minimum absolute atomic E-state index is 0.307. The molecule has 0 aliphatic heterocycles. The number of benzene rings is 1. The van der Waals surface area contributed by atoms with E-state index in [1.54, 1.807) is 22.8 Å². The summed E-state index contributed by atoms with van der Waals surface area (Å²) < 4.78 is 11.9. The standard InChI is InChI=1S/C18H16N2O4S2/c1-20-8-10-25-18(20)19-16(21)13-5-3-4-6-15(13)26-11-14-12(7-9-24-14)17(22)23-2/h3-10H,11H2,1-2H3. The number of furan rings is 1. The Kier molecular flexibility index (Phi) is 5.75. The number of carbonyl (C=O) groups is 2. The number of hydrogen-bond donors (Lipinski definition) is 0. The molecule has 0 unspecified atom stereocenters. The zero-order chi connectivity index (χ0) is 18.5. The van der Waals surface area contributed by atoms with E-state index in [2.05, 4.69) is 4.99 Å². The van der Waals surface area contributed by atoms with Crippen molar-refractivity contribution in [2.45, 2.75) is 10.6 Å². The smallest absolute Gasteiger partial charge is 0.341 e. The maximum Gasteiger partial charge on any atom is 0.341 e. The van der Waals surface area contributed by atoms with Gasteiger partial charge in [0.1, 0.15) is 11.3 Å². The number of aryl methyl sites for hydroxylation is 1. The molecule has 0 saturated heterocycles. The Morgan fingerprint density at radius 1 is 1.27 bits per heavy atom. The number of rotatable bonds is 5. The molecule has 0 N–H and O–H groups in total. The molecule has 0 radical (unpaired) electrons. The van der Waals surface area contributed by atoms with E-state index in [1.165, 1.54) is 36.5 Å². The van der Waals surface area contributed by atoms with Crippen LogP contribution in [0.2, 0.25) is 0 Å². The van der Waals surface area contributed by atoms with Gasteiger partial charge >= 0.3 is 5.97 Å². The molecule has 26 heavy (non-hydrogen) atoms. The minimum atomic E-state index is -0.445. The Labute approximate surface area is 158 Å². The number of aromatic nitrogens is 1. The van der Waals surface area contributed by atoms with Gasteiger partial charge in [0, 0.05) is 23.5 Å². The van der Waals surface area contributed by atoms with Gasteiger partial charge in [0.2, 0.25) is 0 Å². The summed E-state index contributed by atoms with van der Waals surface area (Å²) in [6, 6.07) is 8.82. The average molecular weight is 388 g/mol. The Morgan fingerprint density at radius 3 is 2.81 bits per heavy atom. The lowest BCUT2D eigenvalue weighted by atomic mass is 10.2. The fourth-order valence-electron chi connectivity index (χ4n) is 2.24. The Morgan fingerprint density at radius 2 is 2.08 bits per heavy atom. The maximum absolute atomic E-state index is 12.6. The lowest BCUT2D eigenvalue weighted by Crippen LogP contribution is -2.13. The van der Waals surface area contributed by atoms with Crippen LogP contribution < -0.4 is 4.80 Å². The average Bonchev–Trinajstić information content (AvgIpc) is 3.28. The van der Waals surface area contributed by atoms with E-state index in [0.717, 1.165) is 4.90 Å². The molecule has 0 aliphatic carbocycles. The van der Waals surface area contributed by atoms with Gasteiger partial charge in [-0.2, -0.15) is 4.99 Å². The molecule has 0 aliphatic rings. The fraction of sp³-hybridized carbons (Fsp3) is 0.167. The normalized spacial score (nSPS) is 11.5. The van der Waals surface area contributed by atoms with Crippen LogP contribution in [0.1, 0.15) is 26.5 Å². The molecule has 1 aromatic carbocycles. The highest BCUT2D eigenvalue weighted by atomic mass is 32.2. The number of carbonyl (C=O) groups excluding carboxylic acids is 2. The molecule has 6 nitrogen and oxygen atoms in total. The van der Waals surface area contributed by atoms with Gasteiger partial charge in [0.25, 0.3) is 5.91 Å². The van der Waals surface area contributed by atoms with Gasteiger partial charge in [-0.15, -0.1) is 23.1 Å². The SMILES string of the molecule is COC(=O)c1ccoc1CSc1ccccc1C(=O)N=c1sccn1C. The van der Waals surface area contributed by atoms with Gasteiger partial charge in [-0.05, 0) is 18.2 Å². The van der Waals surface area contributed by atoms with E-state index < -0.39 is 5.97 Å². The van der Waals surface area contributed by atoms with Gasteiger partial charge in [0.15, 0.2) is 4.80 Å². The van der Waals surface area contributed by atoms with Gasteiger partial charge in [0.05, 0.1) is 24.7 Å². The van der Waals surface area contributed by atoms with Crippen LogP contribution in [-0.2, 0) is 17.5 Å². The summed E-state index contributed by atoms with van der Waals surface area (Å²) >= 11 is 2.81. The largest absolute Gasteiger partial charge is 0.468 e. The highest BCUT2D eigenvalue weighted by molar-refractivity contribution is 7.98. The summed E-state index contributed by atoms with van der Waals surface area (Å²) in [6.45, 7) is 0. The second-order valence-corrected chi connectivity index (χ2v) is 7.14. The monoisotopic (exact) mass is 388 g/mol. The summed E-state index contributed by atoms with van der Waals surface area (Å²) in [7, 11) is 3.17. The van der Waals surface area contributed by atoms with Crippen molar-refractivity contribution in [3.05, 3.63) is 69.9 Å². The van der Waals surface area contributed by atoms with E-state index in [-0.39, 0.29) is 5.91 Å². The Bertz CT molecular complexity index is 1000. The molecule has 0 atom stereocenters. The molecule has 134 valence electrons. The van der Waals surface area contributed by atoms with Crippen LogP contribution in [0.3, 0.4) is 0 Å². The van der Waals surface area contributed by atoms with Crippen LogP contribution in [0, 0.1) is 0 Å². The molecular weight excluding hydrogens is 372 g/mol. The molecule has 0 spiro atoms. The van der Waals surface area contributed by atoms with Crippen molar-refractivity contribution in [1.82, 2.24) is 4.57 Å². The molecule has 0 saturated carbocycles. The molecule has 2 aromatic heterocycles. The number of thioether (sulfide) groups is 1. The van der Waals surface area contributed by atoms with Crippen molar-refractivity contribution in [2.75, 3.05) is 7.11 Å². The van der Waals surface area contributed by atoms with Crippen molar-refractivity contribution in [3.8, 4) is 0 Å². The number of esters is 1. The van der Waals surface area contributed by atoms with Crippen molar-refractivity contribution in [1.29, 1.82) is 0 Å². The third kappa shape index (κ3) is 3.97. The number of amides is 1. The summed E-state index contributed by atoms with van der Waals surface area (Å²) in [5.74, 6) is 0.150. The molecule has 3 aromatic rings. The molecule has 8 heteroatoms. The zero-order valence-corrected chi connectivity index (χ0v) is 15.8. The summed E-state index contributed by atoms with van der Waals surface area (Å²) in [5, 5.41) is 1.87. The lowest BCUT2D eigenvalue weighted by Gasteiger charge is -2.06. The first kappa shape index (κ1) is 18.2. The van der Waals surface area contributed by atoms with E-state index in [0.29, 0.717) is 27.4 Å². The number of methoxy groups -OCH3 is 1. The van der Waals surface area contributed by atoms with Crippen LogP contribution in [-0.4, -0.2) is 23.6 Å². The number of ether oxygens (including phenoxy) is 1. The van der Waals surface area contributed by atoms with Gasteiger partial charge in [-0.1, -0.05) is 12.1 Å². The van der Waals surface area contributed by atoms with Crippen molar-refractivity contribution in [2.24, 2.45) is 12.0 Å². The van der Waals surface area contributed by atoms with E-state index in [9.17, 15) is 9.59 Å².